The van der Waals surface area contributed by atoms with Gasteiger partial charge in [0.1, 0.15) is 11.8 Å². The van der Waals surface area contributed by atoms with Gasteiger partial charge in [0.2, 0.25) is 0 Å². The van der Waals surface area contributed by atoms with Crippen molar-refractivity contribution in [3.8, 4) is 0 Å². The monoisotopic (exact) mass is 326 g/mol. The quantitative estimate of drug-likeness (QED) is 0.897. The topological polar surface area (TPSA) is 96.4 Å². The van der Waals surface area contributed by atoms with Gasteiger partial charge in [0.15, 0.2) is 0 Å². The minimum absolute atomic E-state index is 0.0547. The molecule has 3 rings (SSSR count). The first-order valence-corrected chi connectivity index (χ1v) is 7.95. The van der Waals surface area contributed by atoms with Gasteiger partial charge in [-0.25, -0.2) is 4.79 Å². The zero-order valence-electron chi connectivity index (χ0n) is 13.1. The third-order valence-electron chi connectivity index (χ3n) is 4.40. The summed E-state index contributed by atoms with van der Waals surface area (Å²) in [6.45, 7) is 0. The number of aromatic nitrogens is 1. The van der Waals surface area contributed by atoms with Crippen LogP contribution in [-0.4, -0.2) is 33.8 Å². The van der Waals surface area contributed by atoms with Gasteiger partial charge in [-0.1, -0.05) is 18.2 Å². The Balaban J connectivity index is 1.79. The van der Waals surface area contributed by atoms with Crippen molar-refractivity contribution in [3.63, 3.8) is 0 Å². The minimum Gasteiger partial charge on any atom is -0.480 e. The molecule has 6 nitrogen and oxygen atoms in total. The van der Waals surface area contributed by atoms with Crippen LogP contribution >= 0.6 is 0 Å². The van der Waals surface area contributed by atoms with Crippen LogP contribution in [0.2, 0.25) is 0 Å². The van der Waals surface area contributed by atoms with Gasteiger partial charge in [0.05, 0.1) is 11.1 Å². The third-order valence-corrected chi connectivity index (χ3v) is 4.40. The Morgan fingerprint density at radius 3 is 2.83 bits per heavy atom. The summed E-state index contributed by atoms with van der Waals surface area (Å²) in [6.07, 6.45) is 3.42. The molecule has 1 heterocycles. The summed E-state index contributed by atoms with van der Waals surface area (Å²) in [5, 5.41) is 12.8. The van der Waals surface area contributed by atoms with Crippen LogP contribution in [0.4, 0.5) is 0 Å². The lowest BCUT2D eigenvalue weighted by atomic mass is 9.83. The Hall–Kier alpha value is -2.76. The van der Waals surface area contributed by atoms with Crippen LogP contribution in [0.25, 0.3) is 10.9 Å². The second-order valence-corrected chi connectivity index (χ2v) is 6.10. The lowest BCUT2D eigenvalue weighted by Gasteiger charge is -2.27. The van der Waals surface area contributed by atoms with Gasteiger partial charge in [0, 0.05) is 24.4 Å². The predicted molar refractivity (Wildman–Crippen MR) is 87.6 cm³/mol. The fourth-order valence-electron chi connectivity index (χ4n) is 3.14. The SMILES string of the molecule is O=C1CCC[C@H]([C@H](NC(=O)c2cnc3ccccc3c2)C(=O)O)C1. The van der Waals surface area contributed by atoms with Crippen LogP contribution in [0, 0.1) is 5.92 Å². The Morgan fingerprint density at radius 2 is 2.08 bits per heavy atom. The highest BCUT2D eigenvalue weighted by molar-refractivity contribution is 5.99. The lowest BCUT2D eigenvalue weighted by molar-refractivity contribution is -0.141. The zero-order chi connectivity index (χ0) is 17.1. The molecule has 1 fully saturated rings. The number of benzene rings is 1. The lowest BCUT2D eigenvalue weighted by Crippen LogP contribution is -2.47. The van der Waals surface area contributed by atoms with Gasteiger partial charge >= 0.3 is 5.97 Å². The summed E-state index contributed by atoms with van der Waals surface area (Å²) in [7, 11) is 0. The van der Waals surface area contributed by atoms with Gasteiger partial charge in [-0.05, 0) is 30.9 Å². The van der Waals surface area contributed by atoms with E-state index in [2.05, 4.69) is 10.3 Å². The smallest absolute Gasteiger partial charge is 0.326 e. The number of hydrogen-bond acceptors (Lipinski definition) is 4. The standard InChI is InChI=1S/C18H18N2O4/c21-14-6-3-5-12(9-14)16(18(23)24)20-17(22)13-8-11-4-1-2-7-15(11)19-10-13/h1-2,4,7-8,10,12,16H,3,5-6,9H2,(H,20,22)(H,23,24)/t12-,16-/m0/s1. The van der Waals surface area contributed by atoms with E-state index in [-0.39, 0.29) is 18.1 Å². The van der Waals surface area contributed by atoms with Crippen LogP contribution in [0.15, 0.2) is 36.5 Å². The second kappa shape index (κ2) is 6.78. The molecule has 24 heavy (non-hydrogen) atoms. The maximum atomic E-state index is 12.4. The molecule has 6 heteroatoms. The summed E-state index contributed by atoms with van der Waals surface area (Å²) in [6, 6.07) is 8.00. The molecule has 124 valence electrons. The molecule has 0 radical (unpaired) electrons. The van der Waals surface area contributed by atoms with E-state index in [9.17, 15) is 19.5 Å². The number of pyridine rings is 1. The van der Waals surface area contributed by atoms with E-state index in [1.165, 1.54) is 6.20 Å². The number of nitrogens with zero attached hydrogens (tertiary/aromatic N) is 1. The summed E-state index contributed by atoms with van der Waals surface area (Å²) in [5.74, 6) is -1.91. The molecule has 0 unspecified atom stereocenters. The van der Waals surface area contributed by atoms with Crippen molar-refractivity contribution in [3.05, 3.63) is 42.1 Å². The van der Waals surface area contributed by atoms with Crippen molar-refractivity contribution in [1.82, 2.24) is 10.3 Å². The highest BCUT2D eigenvalue weighted by atomic mass is 16.4. The number of aliphatic carboxylic acids is 1. The van der Waals surface area contributed by atoms with Crippen LogP contribution in [0.5, 0.6) is 0 Å². The van der Waals surface area contributed by atoms with Crippen LogP contribution in [-0.2, 0) is 9.59 Å². The predicted octanol–water partition coefficient (Wildman–Crippen LogP) is 2.18. The van der Waals surface area contributed by atoms with Gasteiger partial charge in [0.25, 0.3) is 5.91 Å². The number of rotatable bonds is 4. The summed E-state index contributed by atoms with van der Waals surface area (Å²) < 4.78 is 0. The number of amides is 1. The number of ketones is 1. The van der Waals surface area contributed by atoms with E-state index in [0.717, 1.165) is 10.9 Å². The maximum absolute atomic E-state index is 12.4. The van der Waals surface area contributed by atoms with Crippen molar-refractivity contribution in [2.45, 2.75) is 31.7 Å². The summed E-state index contributed by atoms with van der Waals surface area (Å²) in [5.41, 5.74) is 1.07. The summed E-state index contributed by atoms with van der Waals surface area (Å²) in [4.78, 5) is 39.8. The number of Topliss-reactive ketones (excluding diaryl/α,β-unsaturated/α-hetero) is 1. The molecule has 0 bridgehead atoms. The van der Waals surface area contributed by atoms with E-state index in [4.69, 9.17) is 0 Å². The molecule has 1 aromatic heterocycles. The molecule has 2 N–H and O–H groups in total. The zero-order valence-corrected chi connectivity index (χ0v) is 13.1. The molecule has 1 saturated carbocycles. The normalized spacial score (nSPS) is 19.0. The molecule has 0 aliphatic heterocycles. The fourth-order valence-corrected chi connectivity index (χ4v) is 3.14. The second-order valence-electron chi connectivity index (χ2n) is 6.10. The van der Waals surface area contributed by atoms with Gasteiger partial charge in [-0.2, -0.15) is 0 Å². The maximum Gasteiger partial charge on any atom is 0.326 e. The molecule has 2 atom stereocenters. The number of para-hydroxylation sites is 1. The van der Waals surface area contributed by atoms with Crippen molar-refractivity contribution in [2.75, 3.05) is 0 Å². The number of carbonyl (C=O) groups is 3. The minimum atomic E-state index is -1.11. The van der Waals surface area contributed by atoms with E-state index in [1.54, 1.807) is 6.07 Å². The first-order chi connectivity index (χ1) is 11.5. The molecule has 1 amide bonds. The van der Waals surface area contributed by atoms with Crippen molar-refractivity contribution >= 4 is 28.6 Å². The van der Waals surface area contributed by atoms with Crippen molar-refractivity contribution < 1.29 is 19.5 Å². The number of fused-ring (bicyclic) bond motifs is 1. The third kappa shape index (κ3) is 3.42. The van der Waals surface area contributed by atoms with Gasteiger partial charge in [-0.3, -0.25) is 14.6 Å². The molecule has 2 aromatic rings. The van der Waals surface area contributed by atoms with Gasteiger partial charge in [-0.15, -0.1) is 0 Å². The molecule has 1 aromatic carbocycles. The van der Waals surface area contributed by atoms with Crippen LogP contribution in [0.3, 0.4) is 0 Å². The number of carboxylic acids is 1. The molecular formula is C18H18N2O4. The molecular weight excluding hydrogens is 308 g/mol. The molecule has 1 aliphatic carbocycles. The average molecular weight is 326 g/mol. The van der Waals surface area contributed by atoms with E-state index in [0.29, 0.717) is 24.8 Å². The first-order valence-electron chi connectivity index (χ1n) is 7.95. The number of carboxylic acid groups (broad SMARTS) is 1. The number of nitrogens with one attached hydrogen (secondary N) is 1. The number of hydrogen-bond donors (Lipinski definition) is 2. The van der Waals surface area contributed by atoms with E-state index < -0.39 is 17.9 Å². The van der Waals surface area contributed by atoms with Crippen molar-refractivity contribution in [2.24, 2.45) is 5.92 Å². The van der Waals surface area contributed by atoms with Gasteiger partial charge < -0.3 is 10.4 Å². The average Bonchev–Trinajstić information content (AvgIpc) is 2.58. The first kappa shape index (κ1) is 16.1. The molecule has 1 aliphatic rings. The van der Waals surface area contributed by atoms with Crippen LogP contribution in [0.1, 0.15) is 36.0 Å². The van der Waals surface area contributed by atoms with Crippen LogP contribution < -0.4 is 5.32 Å². The Labute approximate surface area is 138 Å². The largest absolute Gasteiger partial charge is 0.480 e. The highest BCUT2D eigenvalue weighted by Crippen LogP contribution is 2.25. The fraction of sp³-hybridized carbons (Fsp3) is 0.333. The Kier molecular flexibility index (Phi) is 4.55. The van der Waals surface area contributed by atoms with E-state index >= 15 is 0 Å². The van der Waals surface area contributed by atoms with Crippen molar-refractivity contribution in [1.29, 1.82) is 0 Å². The summed E-state index contributed by atoms with van der Waals surface area (Å²) >= 11 is 0. The van der Waals surface area contributed by atoms with E-state index in [1.807, 2.05) is 24.3 Å². The number of carbonyl (C=O) groups excluding carboxylic acids is 2. The molecule has 0 saturated heterocycles. The highest BCUT2D eigenvalue weighted by Gasteiger charge is 2.33. The Bertz CT molecular complexity index is 802. The molecule has 0 spiro atoms. The Morgan fingerprint density at radius 1 is 1.29 bits per heavy atom.